The molecule has 3 atom stereocenters. The van der Waals surface area contributed by atoms with Gasteiger partial charge in [-0.1, -0.05) is 19.8 Å². The zero-order valence-corrected chi connectivity index (χ0v) is 12.5. The van der Waals surface area contributed by atoms with Crippen LogP contribution in [0.25, 0.3) is 0 Å². The summed E-state index contributed by atoms with van der Waals surface area (Å²) in [5.74, 6) is -0.938. The van der Waals surface area contributed by atoms with Gasteiger partial charge in [-0.2, -0.15) is 0 Å². The average Bonchev–Trinajstić information content (AvgIpc) is 2.41. The Morgan fingerprint density at radius 3 is 2.76 bits per heavy atom. The summed E-state index contributed by atoms with van der Waals surface area (Å²) in [6, 6.07) is -1.04. The maximum Gasteiger partial charge on any atom is 0.329 e. The fourth-order valence-corrected chi connectivity index (χ4v) is 3.25. The van der Waals surface area contributed by atoms with Crippen molar-refractivity contribution in [3.05, 3.63) is 0 Å². The molecule has 3 amide bonds. The van der Waals surface area contributed by atoms with Crippen LogP contribution >= 0.6 is 0 Å². The molecule has 0 aromatic heterocycles. The van der Waals surface area contributed by atoms with Crippen LogP contribution in [0.4, 0.5) is 4.79 Å². The molecule has 2 rings (SSSR count). The Morgan fingerprint density at radius 1 is 1.43 bits per heavy atom. The fraction of sp³-hybridized carbons (Fsp3) is 0.786. The SMILES string of the molecule is CC1CCCC(NC(=O)N2CCNC(=O)C2C)(C(=O)O)C1. The zero-order valence-electron chi connectivity index (χ0n) is 12.5. The molecule has 118 valence electrons. The number of carboxylic acids is 1. The summed E-state index contributed by atoms with van der Waals surface area (Å²) < 4.78 is 0. The largest absolute Gasteiger partial charge is 0.480 e. The molecule has 1 saturated carbocycles. The van der Waals surface area contributed by atoms with Gasteiger partial charge in [0.05, 0.1) is 0 Å². The summed E-state index contributed by atoms with van der Waals surface area (Å²) in [4.78, 5) is 37.1. The Kier molecular flexibility index (Phi) is 4.39. The second kappa shape index (κ2) is 5.91. The fourth-order valence-electron chi connectivity index (χ4n) is 3.25. The summed E-state index contributed by atoms with van der Waals surface area (Å²) >= 11 is 0. The normalized spacial score (nSPS) is 33.2. The Balaban J connectivity index is 2.11. The Bertz CT molecular complexity index is 454. The minimum Gasteiger partial charge on any atom is -0.480 e. The predicted molar refractivity (Wildman–Crippen MR) is 75.7 cm³/mol. The summed E-state index contributed by atoms with van der Waals surface area (Å²) in [6.07, 6.45) is 2.63. The molecule has 0 radical (unpaired) electrons. The number of carbonyl (C=O) groups excluding carboxylic acids is 2. The van der Waals surface area contributed by atoms with Gasteiger partial charge in [0, 0.05) is 13.1 Å². The van der Waals surface area contributed by atoms with Crippen molar-refractivity contribution in [1.29, 1.82) is 0 Å². The topological polar surface area (TPSA) is 98.7 Å². The number of urea groups is 1. The van der Waals surface area contributed by atoms with E-state index in [1.165, 1.54) is 4.90 Å². The van der Waals surface area contributed by atoms with Gasteiger partial charge >= 0.3 is 12.0 Å². The van der Waals surface area contributed by atoms with E-state index in [1.807, 2.05) is 6.92 Å². The minimum absolute atomic E-state index is 0.210. The van der Waals surface area contributed by atoms with Gasteiger partial charge in [0.1, 0.15) is 11.6 Å². The lowest BCUT2D eigenvalue weighted by molar-refractivity contribution is -0.146. The quantitative estimate of drug-likeness (QED) is 0.693. The van der Waals surface area contributed by atoms with E-state index in [1.54, 1.807) is 6.92 Å². The van der Waals surface area contributed by atoms with Crippen LogP contribution in [-0.2, 0) is 9.59 Å². The lowest BCUT2D eigenvalue weighted by Gasteiger charge is -2.40. The van der Waals surface area contributed by atoms with Crippen molar-refractivity contribution in [2.75, 3.05) is 13.1 Å². The number of carbonyl (C=O) groups is 3. The van der Waals surface area contributed by atoms with Crippen LogP contribution in [0.3, 0.4) is 0 Å². The van der Waals surface area contributed by atoms with Crippen molar-refractivity contribution in [3.8, 4) is 0 Å². The lowest BCUT2D eigenvalue weighted by Crippen LogP contribution is -2.64. The van der Waals surface area contributed by atoms with Gasteiger partial charge in [0.2, 0.25) is 5.91 Å². The van der Waals surface area contributed by atoms with E-state index >= 15 is 0 Å². The first-order valence-electron chi connectivity index (χ1n) is 7.45. The van der Waals surface area contributed by atoms with Gasteiger partial charge in [-0.3, -0.25) is 4.79 Å². The van der Waals surface area contributed by atoms with E-state index in [0.717, 1.165) is 12.8 Å². The molecule has 21 heavy (non-hydrogen) atoms. The Labute approximate surface area is 124 Å². The van der Waals surface area contributed by atoms with Gasteiger partial charge in [-0.05, 0) is 25.7 Å². The van der Waals surface area contributed by atoms with E-state index in [-0.39, 0.29) is 11.8 Å². The van der Waals surface area contributed by atoms with Gasteiger partial charge < -0.3 is 20.6 Å². The monoisotopic (exact) mass is 297 g/mol. The van der Waals surface area contributed by atoms with E-state index in [9.17, 15) is 19.5 Å². The second-order valence-electron chi connectivity index (χ2n) is 6.18. The van der Waals surface area contributed by atoms with Gasteiger partial charge in [0.25, 0.3) is 0 Å². The molecule has 7 nitrogen and oxygen atoms in total. The van der Waals surface area contributed by atoms with Crippen LogP contribution in [0.1, 0.15) is 39.5 Å². The molecule has 1 saturated heterocycles. The first-order chi connectivity index (χ1) is 9.85. The van der Waals surface area contributed by atoms with Crippen LogP contribution in [0.2, 0.25) is 0 Å². The summed E-state index contributed by atoms with van der Waals surface area (Å²) in [7, 11) is 0. The van der Waals surface area contributed by atoms with Crippen LogP contribution in [0.5, 0.6) is 0 Å². The maximum absolute atomic E-state index is 12.4. The van der Waals surface area contributed by atoms with Gasteiger partial charge in [-0.15, -0.1) is 0 Å². The molecule has 0 bridgehead atoms. The van der Waals surface area contributed by atoms with E-state index < -0.39 is 23.6 Å². The molecule has 3 unspecified atom stereocenters. The number of piperazine rings is 1. The highest BCUT2D eigenvalue weighted by molar-refractivity contribution is 5.91. The molecule has 0 aromatic carbocycles. The van der Waals surface area contributed by atoms with Crippen molar-refractivity contribution in [1.82, 2.24) is 15.5 Å². The third-order valence-electron chi connectivity index (χ3n) is 4.51. The van der Waals surface area contributed by atoms with Crippen molar-refractivity contribution in [2.24, 2.45) is 5.92 Å². The van der Waals surface area contributed by atoms with Gasteiger partial charge in [-0.25, -0.2) is 9.59 Å². The van der Waals surface area contributed by atoms with E-state index in [2.05, 4.69) is 10.6 Å². The highest BCUT2D eigenvalue weighted by atomic mass is 16.4. The third kappa shape index (κ3) is 3.11. The maximum atomic E-state index is 12.4. The molecule has 0 aromatic rings. The molecule has 0 spiro atoms. The number of nitrogens with zero attached hydrogens (tertiary/aromatic N) is 1. The van der Waals surface area contributed by atoms with Crippen molar-refractivity contribution >= 4 is 17.9 Å². The van der Waals surface area contributed by atoms with Crippen molar-refractivity contribution in [3.63, 3.8) is 0 Å². The van der Waals surface area contributed by atoms with Crippen LogP contribution < -0.4 is 10.6 Å². The third-order valence-corrected chi connectivity index (χ3v) is 4.51. The number of hydrogen-bond donors (Lipinski definition) is 3. The van der Waals surface area contributed by atoms with E-state index in [4.69, 9.17) is 0 Å². The predicted octanol–water partition coefficient (Wildman–Crippen LogP) is 0.550. The second-order valence-corrected chi connectivity index (χ2v) is 6.18. The highest BCUT2D eigenvalue weighted by Crippen LogP contribution is 2.32. The first-order valence-corrected chi connectivity index (χ1v) is 7.45. The molecular weight excluding hydrogens is 274 g/mol. The van der Waals surface area contributed by atoms with Crippen molar-refractivity contribution < 1.29 is 19.5 Å². The Morgan fingerprint density at radius 2 is 2.14 bits per heavy atom. The van der Waals surface area contributed by atoms with Crippen LogP contribution in [0.15, 0.2) is 0 Å². The molecule has 2 fully saturated rings. The molecule has 2 aliphatic rings. The lowest BCUT2D eigenvalue weighted by atomic mass is 9.76. The molecule has 1 aliphatic carbocycles. The van der Waals surface area contributed by atoms with Crippen molar-refractivity contribution in [2.45, 2.75) is 51.1 Å². The first kappa shape index (κ1) is 15.6. The Hall–Kier alpha value is -1.79. The molecule has 3 N–H and O–H groups in total. The number of aliphatic carboxylic acids is 1. The molecular formula is C14H23N3O4. The average molecular weight is 297 g/mol. The number of hydrogen-bond acceptors (Lipinski definition) is 3. The van der Waals surface area contributed by atoms with E-state index in [0.29, 0.717) is 25.9 Å². The number of carboxylic acid groups (broad SMARTS) is 1. The standard InChI is InChI=1S/C14H23N3O4/c1-9-4-3-5-14(8-9,12(19)20)16-13(21)17-7-6-15-11(18)10(17)2/h9-10H,3-8H2,1-2H3,(H,15,18)(H,16,21)(H,19,20). The minimum atomic E-state index is -1.21. The van der Waals surface area contributed by atoms with Crippen LogP contribution in [0, 0.1) is 5.92 Å². The highest BCUT2D eigenvalue weighted by Gasteiger charge is 2.44. The number of rotatable bonds is 2. The summed E-state index contributed by atoms with van der Waals surface area (Å²) in [6.45, 7) is 4.43. The summed E-state index contributed by atoms with van der Waals surface area (Å²) in [5, 5.41) is 14.9. The number of amides is 3. The van der Waals surface area contributed by atoms with Crippen LogP contribution in [-0.4, -0.2) is 52.6 Å². The molecule has 1 heterocycles. The van der Waals surface area contributed by atoms with Gasteiger partial charge in [0.15, 0.2) is 0 Å². The summed E-state index contributed by atoms with van der Waals surface area (Å²) in [5.41, 5.74) is -1.21. The molecule has 7 heteroatoms. The zero-order chi connectivity index (χ0) is 15.6. The smallest absolute Gasteiger partial charge is 0.329 e. The number of nitrogens with one attached hydrogen (secondary N) is 2. The molecule has 1 aliphatic heterocycles.